The number of phenols is 2. The number of hydrogen-bond donors (Lipinski definition) is 5. The zero-order chi connectivity index (χ0) is 30.5. The van der Waals surface area contributed by atoms with Crippen molar-refractivity contribution in [1.29, 1.82) is 0 Å². The molecule has 0 radical (unpaired) electrons. The van der Waals surface area contributed by atoms with Crippen LogP contribution >= 0.6 is 0 Å². The van der Waals surface area contributed by atoms with Crippen molar-refractivity contribution in [2.45, 2.75) is 52.5 Å². The fraction of sp³-hybridized carbons (Fsp3) is 0.367. The molecule has 1 amide bonds. The Morgan fingerprint density at radius 1 is 0.929 bits per heavy atom. The standard InChI is InChI=1S/C18H27NO3.C10H12O2.C2H2O4.K.Sr.3H/c1-14(2)8-6-4-5-7-9-18(21)19-13-15-10-11-16(20)17(12-15)22-3;1-3-4-8-5-6-9(11)10(7-8)12-2;3-1(4)2(5)6;;;;;/h6,8,10-12,14,20H,4-5,7,9,13H2,1-3H3,(H,19,21);3,5-7,11H,1,4H2,2H3;(H,3,4)(H,5,6);;;;;/q;;;+1;+2;3*-1/b8-6+;;;;;;;. The number of allylic oxidation sites excluding steroid dienone is 3. The van der Waals surface area contributed by atoms with E-state index in [4.69, 9.17) is 29.3 Å². The summed E-state index contributed by atoms with van der Waals surface area (Å²) in [4.78, 5) is 30.0. The van der Waals surface area contributed by atoms with Crippen LogP contribution in [-0.2, 0) is 27.3 Å². The van der Waals surface area contributed by atoms with Crippen molar-refractivity contribution in [1.82, 2.24) is 5.32 Å². The van der Waals surface area contributed by atoms with E-state index in [0.29, 0.717) is 30.4 Å². The summed E-state index contributed by atoms with van der Waals surface area (Å²) in [6, 6.07) is 10.3. The average Bonchev–Trinajstić information content (AvgIpc) is 2.91. The molecule has 0 unspecified atom stereocenters. The van der Waals surface area contributed by atoms with Crippen LogP contribution in [0, 0.1) is 5.92 Å². The van der Waals surface area contributed by atoms with Crippen LogP contribution in [0.25, 0.3) is 0 Å². The number of benzene rings is 2. The summed E-state index contributed by atoms with van der Waals surface area (Å²) in [5.74, 6) is -1.80. The van der Waals surface area contributed by atoms with Crippen molar-refractivity contribution in [3.8, 4) is 23.0 Å². The van der Waals surface area contributed by atoms with Gasteiger partial charge in [0.25, 0.3) is 0 Å². The van der Waals surface area contributed by atoms with Gasteiger partial charge in [0.2, 0.25) is 5.91 Å². The SMILES string of the molecule is C=CCc1ccc(O)c(OC)c1.COc1cc(CNC(=O)CCCC/C=C/C(C)C)ccc1O.O=C(O)C(=O)O.[H-].[H-].[H-].[K+].[Sr+2]. The van der Waals surface area contributed by atoms with Crippen LogP contribution in [0.15, 0.2) is 61.2 Å². The molecule has 0 aromatic heterocycles. The molecule has 12 heteroatoms. The van der Waals surface area contributed by atoms with Crippen molar-refractivity contribution in [2.75, 3.05) is 14.2 Å². The molecule has 0 bridgehead atoms. The van der Waals surface area contributed by atoms with E-state index in [9.17, 15) is 15.0 Å². The van der Waals surface area contributed by atoms with Gasteiger partial charge in [0.1, 0.15) is 0 Å². The third kappa shape index (κ3) is 22.2. The number of carbonyl (C=O) groups excluding carboxylic acids is 1. The molecule has 0 heterocycles. The molecule has 0 aliphatic carbocycles. The van der Waals surface area contributed by atoms with Gasteiger partial charge in [-0.05, 0) is 67.0 Å². The Balaban J connectivity index is -0.000000141. The number of carboxylic acid groups (broad SMARTS) is 2. The number of amides is 1. The van der Waals surface area contributed by atoms with Crippen molar-refractivity contribution >= 4 is 63.3 Å². The predicted octanol–water partition coefficient (Wildman–Crippen LogP) is 2.04. The fourth-order valence-corrected chi connectivity index (χ4v) is 3.05. The maximum Gasteiger partial charge on any atom is 2.00 e. The molecule has 0 aliphatic heterocycles. The molecule has 2 aromatic carbocycles. The smallest absolute Gasteiger partial charge is 1.00 e. The van der Waals surface area contributed by atoms with Crippen molar-refractivity contribution in [3.05, 3.63) is 72.3 Å². The molecule has 0 atom stereocenters. The third-order valence-corrected chi connectivity index (χ3v) is 5.09. The van der Waals surface area contributed by atoms with Crippen molar-refractivity contribution in [3.63, 3.8) is 0 Å². The third-order valence-electron chi connectivity index (χ3n) is 5.09. The number of unbranched alkanes of at least 4 members (excludes halogenated alkanes) is 2. The number of aromatic hydroxyl groups is 2. The molecule has 5 N–H and O–H groups in total. The Morgan fingerprint density at radius 3 is 1.88 bits per heavy atom. The van der Waals surface area contributed by atoms with Gasteiger partial charge in [0.15, 0.2) is 23.0 Å². The Morgan fingerprint density at radius 2 is 1.43 bits per heavy atom. The molecule has 42 heavy (non-hydrogen) atoms. The van der Waals surface area contributed by atoms with Gasteiger partial charge < -0.3 is 39.5 Å². The largest absolute Gasteiger partial charge is 2.00 e. The molecule has 2 aromatic rings. The van der Waals surface area contributed by atoms with Crippen LogP contribution in [0.1, 0.15) is 54.9 Å². The molecule has 10 nitrogen and oxygen atoms in total. The summed E-state index contributed by atoms with van der Waals surface area (Å²) in [6.45, 7) is 8.39. The Hall–Kier alpha value is -1.35. The monoisotopic (exact) mass is 689 g/mol. The van der Waals surface area contributed by atoms with Gasteiger partial charge in [-0.15, -0.1) is 6.58 Å². The van der Waals surface area contributed by atoms with Gasteiger partial charge in [-0.2, -0.15) is 0 Å². The van der Waals surface area contributed by atoms with E-state index in [1.807, 2.05) is 12.1 Å². The fourth-order valence-electron chi connectivity index (χ4n) is 3.05. The van der Waals surface area contributed by atoms with Crippen LogP contribution in [0.5, 0.6) is 23.0 Å². The van der Waals surface area contributed by atoms with Crippen LogP contribution < -0.4 is 66.2 Å². The number of rotatable bonds is 12. The quantitative estimate of drug-likeness (QED) is 0.0972. The average molecular weight is 689 g/mol. The van der Waals surface area contributed by atoms with E-state index in [1.54, 1.807) is 30.3 Å². The Kier molecular flexibility index (Phi) is 29.2. The molecular formula is C30H44KNO9Sr. The first kappa shape index (κ1) is 45.1. The molecule has 226 valence electrons. The number of methoxy groups -OCH3 is 2. The van der Waals surface area contributed by atoms with Crippen LogP contribution in [0.3, 0.4) is 0 Å². The Labute approximate surface area is 332 Å². The molecule has 0 spiro atoms. The molecule has 0 aliphatic rings. The second-order valence-corrected chi connectivity index (χ2v) is 8.81. The maximum atomic E-state index is 11.8. The second kappa shape index (κ2) is 27.2. The van der Waals surface area contributed by atoms with Gasteiger partial charge in [0.05, 0.1) is 14.2 Å². The predicted molar refractivity (Wildman–Crippen MR) is 162 cm³/mol. The van der Waals surface area contributed by atoms with Crippen molar-refractivity contribution in [2.24, 2.45) is 5.92 Å². The van der Waals surface area contributed by atoms with Crippen LogP contribution in [0.4, 0.5) is 0 Å². The molecule has 0 fully saturated rings. The van der Waals surface area contributed by atoms with E-state index >= 15 is 0 Å². The van der Waals surface area contributed by atoms with E-state index in [1.165, 1.54) is 14.2 Å². The minimum atomic E-state index is -1.82. The summed E-state index contributed by atoms with van der Waals surface area (Å²) in [7, 11) is 3.04. The summed E-state index contributed by atoms with van der Waals surface area (Å²) in [5, 5.41) is 36.4. The van der Waals surface area contributed by atoms with Crippen LogP contribution in [0.2, 0.25) is 0 Å². The zero-order valence-electron chi connectivity index (χ0n) is 28.3. The number of phenolic OH excluding ortho intramolecular Hbond substituents is 2. The van der Waals surface area contributed by atoms with E-state index in [0.717, 1.165) is 36.8 Å². The number of aliphatic carboxylic acids is 2. The van der Waals surface area contributed by atoms with Crippen molar-refractivity contribution < 1.29 is 99.9 Å². The first-order chi connectivity index (χ1) is 18.9. The topological polar surface area (TPSA) is 163 Å². The van der Waals surface area contributed by atoms with Crippen LogP contribution in [-0.4, -0.2) is 98.0 Å². The minimum Gasteiger partial charge on any atom is -1.00 e. The number of nitrogens with one attached hydrogen (secondary N) is 1. The Bertz CT molecular complexity index is 1130. The first-order valence-electron chi connectivity index (χ1n) is 12.7. The number of ether oxygens (including phenoxy) is 2. The normalized spacial score (nSPS) is 9.55. The first-order valence-corrected chi connectivity index (χ1v) is 12.7. The van der Waals surface area contributed by atoms with E-state index in [-0.39, 0.29) is 119 Å². The number of carbonyl (C=O) groups is 3. The summed E-state index contributed by atoms with van der Waals surface area (Å²) < 4.78 is 9.99. The molecular weight excluding hydrogens is 645 g/mol. The minimum absolute atomic E-state index is 0. The summed E-state index contributed by atoms with van der Waals surface area (Å²) >= 11 is 0. The summed E-state index contributed by atoms with van der Waals surface area (Å²) in [6.07, 6.45) is 10.5. The molecule has 0 saturated heterocycles. The van der Waals surface area contributed by atoms with E-state index < -0.39 is 11.9 Å². The van der Waals surface area contributed by atoms with E-state index in [2.05, 4.69) is 37.9 Å². The van der Waals surface area contributed by atoms with Gasteiger partial charge >= 0.3 is 109 Å². The van der Waals surface area contributed by atoms with Gasteiger partial charge in [-0.1, -0.05) is 44.2 Å². The molecule has 0 saturated carbocycles. The number of hydrogen-bond acceptors (Lipinski definition) is 7. The van der Waals surface area contributed by atoms with Gasteiger partial charge in [-0.25, -0.2) is 9.59 Å². The summed E-state index contributed by atoms with van der Waals surface area (Å²) in [5.41, 5.74) is 1.99. The zero-order valence-corrected chi connectivity index (χ0v) is 31.9. The van der Waals surface area contributed by atoms with Gasteiger partial charge in [-0.3, -0.25) is 4.79 Å². The number of carboxylic acids is 2. The maximum absolute atomic E-state index is 11.8. The molecule has 2 rings (SSSR count). The van der Waals surface area contributed by atoms with Gasteiger partial charge in [0, 0.05) is 13.0 Å². The second-order valence-electron chi connectivity index (χ2n) is 8.81.